The van der Waals surface area contributed by atoms with Crippen LogP contribution in [0.15, 0.2) is 91.0 Å². The lowest BCUT2D eigenvalue weighted by atomic mass is 10.1. The number of hydrogen-bond donors (Lipinski definition) is 1. The van der Waals surface area contributed by atoms with E-state index in [4.69, 9.17) is 5.10 Å². The number of aromatic hydroxyl groups is 1. The monoisotopic (exact) mass is 326 g/mol. The van der Waals surface area contributed by atoms with Crippen LogP contribution < -0.4 is 0 Å². The predicted octanol–water partition coefficient (Wildman–Crippen LogP) is 4.97. The topological polar surface area (TPSA) is 38.1 Å². The van der Waals surface area contributed by atoms with Gasteiger partial charge in [0.2, 0.25) is 0 Å². The van der Waals surface area contributed by atoms with Crippen LogP contribution in [0.5, 0.6) is 5.75 Å². The second-order valence-electron chi connectivity index (χ2n) is 5.92. The van der Waals surface area contributed by atoms with Crippen molar-refractivity contribution in [1.29, 1.82) is 0 Å². The van der Waals surface area contributed by atoms with Crippen LogP contribution in [-0.2, 0) is 6.54 Å². The third-order valence-electron chi connectivity index (χ3n) is 4.20. The van der Waals surface area contributed by atoms with Gasteiger partial charge in [0.15, 0.2) is 5.75 Å². The van der Waals surface area contributed by atoms with Gasteiger partial charge in [0.05, 0.1) is 6.54 Å². The molecule has 0 radical (unpaired) electrons. The molecule has 0 atom stereocenters. The molecule has 25 heavy (non-hydrogen) atoms. The highest BCUT2D eigenvalue weighted by Crippen LogP contribution is 2.38. The average molecular weight is 326 g/mol. The Morgan fingerprint density at radius 3 is 1.80 bits per heavy atom. The van der Waals surface area contributed by atoms with Crippen LogP contribution in [0.1, 0.15) is 5.56 Å². The normalized spacial score (nSPS) is 10.7. The van der Waals surface area contributed by atoms with Crippen LogP contribution in [0.25, 0.3) is 22.5 Å². The molecule has 0 aliphatic rings. The Balaban J connectivity index is 1.87. The number of benzene rings is 3. The largest absolute Gasteiger partial charge is 0.504 e. The second kappa shape index (κ2) is 6.65. The van der Waals surface area contributed by atoms with E-state index in [0.29, 0.717) is 12.2 Å². The smallest absolute Gasteiger partial charge is 0.169 e. The lowest BCUT2D eigenvalue weighted by Gasteiger charge is -2.08. The maximum absolute atomic E-state index is 10.9. The van der Waals surface area contributed by atoms with Crippen LogP contribution in [-0.4, -0.2) is 14.9 Å². The summed E-state index contributed by atoms with van der Waals surface area (Å²) in [6.45, 7) is 0.603. The van der Waals surface area contributed by atoms with E-state index >= 15 is 0 Å². The van der Waals surface area contributed by atoms with Crippen molar-refractivity contribution in [3.8, 4) is 28.3 Å². The van der Waals surface area contributed by atoms with Crippen LogP contribution >= 0.6 is 0 Å². The second-order valence-corrected chi connectivity index (χ2v) is 5.92. The molecule has 0 saturated carbocycles. The number of nitrogens with zero attached hydrogens (tertiary/aromatic N) is 2. The predicted molar refractivity (Wildman–Crippen MR) is 100 cm³/mol. The van der Waals surface area contributed by atoms with E-state index in [1.807, 2.05) is 83.5 Å². The minimum atomic E-state index is 0.216. The minimum Gasteiger partial charge on any atom is -0.504 e. The highest BCUT2D eigenvalue weighted by atomic mass is 16.3. The third kappa shape index (κ3) is 3.04. The van der Waals surface area contributed by atoms with Gasteiger partial charge in [0.25, 0.3) is 0 Å². The first kappa shape index (κ1) is 15.2. The summed E-state index contributed by atoms with van der Waals surface area (Å²) in [5.74, 6) is 0.216. The number of hydrogen-bond acceptors (Lipinski definition) is 2. The third-order valence-corrected chi connectivity index (χ3v) is 4.20. The van der Waals surface area contributed by atoms with E-state index in [0.717, 1.165) is 22.4 Å². The Kier molecular flexibility index (Phi) is 4.05. The van der Waals surface area contributed by atoms with Crippen molar-refractivity contribution >= 4 is 0 Å². The molecule has 4 rings (SSSR count). The SMILES string of the molecule is Oc1c(-c2ccccc2)nn(Cc2ccccc2)c1-c1ccccc1. The molecule has 3 nitrogen and oxygen atoms in total. The van der Waals surface area contributed by atoms with Crippen LogP contribution in [0, 0.1) is 0 Å². The zero-order chi connectivity index (χ0) is 17.1. The fraction of sp³-hybridized carbons (Fsp3) is 0.0455. The van der Waals surface area contributed by atoms with Gasteiger partial charge in [-0.1, -0.05) is 91.0 Å². The van der Waals surface area contributed by atoms with Gasteiger partial charge in [-0.05, 0) is 5.56 Å². The quantitative estimate of drug-likeness (QED) is 0.575. The van der Waals surface area contributed by atoms with Gasteiger partial charge in [-0.15, -0.1) is 0 Å². The first-order valence-electron chi connectivity index (χ1n) is 8.27. The molecule has 0 bridgehead atoms. The zero-order valence-electron chi connectivity index (χ0n) is 13.7. The van der Waals surface area contributed by atoms with Crippen molar-refractivity contribution in [1.82, 2.24) is 9.78 Å². The molecule has 0 aliphatic carbocycles. The van der Waals surface area contributed by atoms with Gasteiger partial charge in [-0.3, -0.25) is 4.68 Å². The molecular formula is C22H18N2O. The van der Waals surface area contributed by atoms with Crippen molar-refractivity contribution in [2.75, 3.05) is 0 Å². The summed E-state index contributed by atoms with van der Waals surface area (Å²) in [5, 5.41) is 15.6. The fourth-order valence-electron chi connectivity index (χ4n) is 3.00. The Bertz CT molecular complexity index is 961. The average Bonchev–Trinajstić information content (AvgIpc) is 3.00. The van der Waals surface area contributed by atoms with E-state index in [1.165, 1.54) is 0 Å². The number of aromatic nitrogens is 2. The van der Waals surface area contributed by atoms with Gasteiger partial charge >= 0.3 is 0 Å². The first-order valence-corrected chi connectivity index (χ1v) is 8.27. The molecule has 0 amide bonds. The van der Waals surface area contributed by atoms with E-state index in [9.17, 15) is 5.11 Å². The minimum absolute atomic E-state index is 0.216. The Morgan fingerprint density at radius 2 is 1.20 bits per heavy atom. The Labute approximate surface area is 146 Å². The standard InChI is InChI=1S/C22H18N2O/c25-22-20(18-12-6-2-7-13-18)23-24(16-17-10-4-1-5-11-17)21(22)19-14-8-3-9-15-19/h1-15,25H,16H2. The maximum Gasteiger partial charge on any atom is 0.169 e. The van der Waals surface area contributed by atoms with Crippen LogP contribution in [0.3, 0.4) is 0 Å². The molecule has 122 valence electrons. The van der Waals surface area contributed by atoms with E-state index < -0.39 is 0 Å². The summed E-state index contributed by atoms with van der Waals surface area (Å²) in [6, 6.07) is 29.8. The molecule has 0 fully saturated rings. The van der Waals surface area contributed by atoms with Crippen molar-refractivity contribution in [3.05, 3.63) is 96.6 Å². The fourth-order valence-corrected chi connectivity index (χ4v) is 3.00. The Morgan fingerprint density at radius 1 is 0.680 bits per heavy atom. The molecule has 0 saturated heterocycles. The maximum atomic E-state index is 10.9. The van der Waals surface area contributed by atoms with Gasteiger partial charge in [0, 0.05) is 11.1 Å². The molecule has 0 unspecified atom stereocenters. The van der Waals surface area contributed by atoms with E-state index in [1.54, 1.807) is 0 Å². The number of rotatable bonds is 4. The highest BCUT2D eigenvalue weighted by Gasteiger charge is 2.19. The summed E-state index contributed by atoms with van der Waals surface area (Å²) in [7, 11) is 0. The molecule has 1 aromatic heterocycles. The van der Waals surface area contributed by atoms with Crippen molar-refractivity contribution in [2.24, 2.45) is 0 Å². The van der Waals surface area contributed by atoms with Gasteiger partial charge < -0.3 is 5.11 Å². The van der Waals surface area contributed by atoms with E-state index in [2.05, 4.69) is 12.1 Å². The molecular weight excluding hydrogens is 308 g/mol. The van der Waals surface area contributed by atoms with Crippen LogP contribution in [0.2, 0.25) is 0 Å². The summed E-state index contributed by atoms with van der Waals surface area (Å²) >= 11 is 0. The summed E-state index contributed by atoms with van der Waals surface area (Å²) in [6.07, 6.45) is 0. The van der Waals surface area contributed by atoms with Gasteiger partial charge in [0.1, 0.15) is 11.4 Å². The van der Waals surface area contributed by atoms with Gasteiger partial charge in [-0.25, -0.2) is 0 Å². The lowest BCUT2D eigenvalue weighted by molar-refractivity contribution is 0.478. The molecule has 0 aliphatic heterocycles. The molecule has 4 aromatic rings. The molecule has 3 heteroatoms. The summed E-state index contributed by atoms with van der Waals surface area (Å²) in [5.41, 5.74) is 4.34. The summed E-state index contributed by atoms with van der Waals surface area (Å²) in [4.78, 5) is 0. The summed E-state index contributed by atoms with van der Waals surface area (Å²) < 4.78 is 1.88. The van der Waals surface area contributed by atoms with Crippen molar-refractivity contribution in [2.45, 2.75) is 6.54 Å². The van der Waals surface area contributed by atoms with E-state index in [-0.39, 0.29) is 5.75 Å². The Hall–Kier alpha value is -3.33. The highest BCUT2D eigenvalue weighted by molar-refractivity contribution is 5.78. The van der Waals surface area contributed by atoms with Crippen molar-refractivity contribution < 1.29 is 5.11 Å². The van der Waals surface area contributed by atoms with Crippen LogP contribution in [0.4, 0.5) is 0 Å². The first-order chi connectivity index (χ1) is 12.3. The van der Waals surface area contributed by atoms with Crippen molar-refractivity contribution in [3.63, 3.8) is 0 Å². The molecule has 1 heterocycles. The molecule has 1 N–H and O–H groups in total. The molecule has 3 aromatic carbocycles. The van der Waals surface area contributed by atoms with Gasteiger partial charge in [-0.2, -0.15) is 5.10 Å². The zero-order valence-corrected chi connectivity index (χ0v) is 13.7. The molecule has 0 spiro atoms. The lowest BCUT2D eigenvalue weighted by Crippen LogP contribution is -2.03.